The summed E-state index contributed by atoms with van der Waals surface area (Å²) in [5, 5.41) is 3.08. The van der Waals surface area contributed by atoms with Crippen LogP contribution in [0.4, 0.5) is 5.69 Å². The number of benzene rings is 3. The summed E-state index contributed by atoms with van der Waals surface area (Å²) in [5.41, 5.74) is 2.41. The molecular weight excluding hydrogens is 436 g/mol. The monoisotopic (exact) mass is 466 g/mol. The average molecular weight is 467 g/mol. The lowest BCUT2D eigenvalue weighted by Crippen LogP contribution is -2.30. The first-order valence-electron chi connectivity index (χ1n) is 10.8. The second-order valence-electron chi connectivity index (χ2n) is 8.39. The van der Waals surface area contributed by atoms with Gasteiger partial charge in [-0.3, -0.25) is 9.52 Å². The van der Waals surface area contributed by atoms with Crippen molar-refractivity contribution in [3.8, 4) is 5.75 Å². The number of hydrogen-bond donors (Lipinski definition) is 2. The van der Waals surface area contributed by atoms with E-state index >= 15 is 0 Å². The highest BCUT2D eigenvalue weighted by atomic mass is 32.2. The Morgan fingerprint density at radius 2 is 1.58 bits per heavy atom. The first kappa shape index (κ1) is 24.3. The maximum atomic E-state index is 13.3. The number of anilines is 1. The number of aryl methyl sites for hydroxylation is 1. The molecule has 0 aromatic heterocycles. The van der Waals surface area contributed by atoms with E-state index in [9.17, 15) is 13.2 Å². The summed E-state index contributed by atoms with van der Waals surface area (Å²) in [6, 6.07) is 20.5. The van der Waals surface area contributed by atoms with Crippen molar-refractivity contribution in [2.24, 2.45) is 5.92 Å². The molecule has 1 atom stereocenters. The normalized spacial score (nSPS) is 12.3. The molecule has 2 N–H and O–H groups in total. The topological polar surface area (TPSA) is 84.5 Å². The van der Waals surface area contributed by atoms with Crippen LogP contribution < -0.4 is 14.8 Å². The van der Waals surface area contributed by atoms with Crippen molar-refractivity contribution in [2.45, 2.75) is 38.1 Å². The summed E-state index contributed by atoms with van der Waals surface area (Å²) in [5.74, 6) is 0.732. The number of methoxy groups -OCH3 is 1. The van der Waals surface area contributed by atoms with E-state index in [1.165, 1.54) is 0 Å². The van der Waals surface area contributed by atoms with E-state index in [1.807, 2.05) is 31.2 Å². The Bertz CT molecular complexity index is 1190. The number of carbonyl (C=O) groups excluding carboxylic acids is 1. The van der Waals surface area contributed by atoms with E-state index in [4.69, 9.17) is 4.74 Å². The van der Waals surface area contributed by atoms with Gasteiger partial charge in [-0.1, -0.05) is 55.8 Å². The highest BCUT2D eigenvalue weighted by Crippen LogP contribution is 2.26. The van der Waals surface area contributed by atoms with Crippen molar-refractivity contribution in [3.63, 3.8) is 0 Å². The molecule has 1 amide bonds. The average Bonchev–Trinajstić information content (AvgIpc) is 2.78. The zero-order valence-electron chi connectivity index (χ0n) is 19.3. The molecule has 33 heavy (non-hydrogen) atoms. The zero-order chi connectivity index (χ0) is 24.0. The van der Waals surface area contributed by atoms with Crippen molar-refractivity contribution in [1.82, 2.24) is 5.32 Å². The van der Waals surface area contributed by atoms with Crippen LogP contribution in [0.1, 0.15) is 47.8 Å². The standard InChI is InChI=1S/C26H30N2O4S/c1-18(2)17-25(20-11-13-21(32-4)14-12-20)27-26(29)23-7-5-6-8-24(23)28-33(30,31)22-15-9-19(3)10-16-22/h5-16,18,25,28H,17H2,1-4H3,(H,27,29)/t25-/m1/s1. The second-order valence-corrected chi connectivity index (χ2v) is 10.1. The van der Waals surface area contributed by atoms with Crippen molar-refractivity contribution in [1.29, 1.82) is 0 Å². The third-order valence-corrected chi connectivity index (χ3v) is 6.66. The Balaban J connectivity index is 1.86. The number of nitrogens with one attached hydrogen (secondary N) is 2. The van der Waals surface area contributed by atoms with Gasteiger partial charge < -0.3 is 10.1 Å². The molecule has 0 saturated carbocycles. The van der Waals surface area contributed by atoms with Gasteiger partial charge in [0.25, 0.3) is 15.9 Å². The molecule has 0 aliphatic carbocycles. The fourth-order valence-electron chi connectivity index (χ4n) is 3.51. The summed E-state index contributed by atoms with van der Waals surface area (Å²) in [7, 11) is -2.23. The molecule has 0 spiro atoms. The maximum absolute atomic E-state index is 13.3. The number of rotatable bonds is 9. The number of hydrogen-bond acceptors (Lipinski definition) is 4. The highest BCUT2D eigenvalue weighted by molar-refractivity contribution is 7.92. The van der Waals surface area contributed by atoms with Gasteiger partial charge in [0.2, 0.25) is 0 Å². The summed E-state index contributed by atoms with van der Waals surface area (Å²) in [4.78, 5) is 13.4. The van der Waals surface area contributed by atoms with Crippen LogP contribution in [0.2, 0.25) is 0 Å². The fourth-order valence-corrected chi connectivity index (χ4v) is 4.59. The molecule has 0 heterocycles. The molecule has 6 nitrogen and oxygen atoms in total. The SMILES string of the molecule is COc1ccc([C@@H](CC(C)C)NC(=O)c2ccccc2NS(=O)(=O)c2ccc(C)cc2)cc1. The minimum Gasteiger partial charge on any atom is -0.497 e. The van der Waals surface area contributed by atoms with Crippen LogP contribution in [-0.2, 0) is 10.0 Å². The molecule has 7 heteroatoms. The third-order valence-electron chi connectivity index (χ3n) is 5.28. The molecule has 0 bridgehead atoms. The molecule has 0 fully saturated rings. The van der Waals surface area contributed by atoms with E-state index in [0.29, 0.717) is 5.92 Å². The Hall–Kier alpha value is -3.32. The van der Waals surface area contributed by atoms with Crippen LogP contribution in [0, 0.1) is 12.8 Å². The molecule has 0 aliphatic heterocycles. The van der Waals surface area contributed by atoms with Crippen LogP contribution in [-0.4, -0.2) is 21.4 Å². The van der Waals surface area contributed by atoms with Gasteiger partial charge in [0.05, 0.1) is 29.3 Å². The van der Waals surface area contributed by atoms with Gasteiger partial charge >= 0.3 is 0 Å². The highest BCUT2D eigenvalue weighted by Gasteiger charge is 2.22. The van der Waals surface area contributed by atoms with Crippen LogP contribution in [0.15, 0.2) is 77.7 Å². The first-order chi connectivity index (χ1) is 15.7. The quantitative estimate of drug-likeness (QED) is 0.447. The summed E-state index contributed by atoms with van der Waals surface area (Å²) >= 11 is 0. The van der Waals surface area contributed by atoms with E-state index in [2.05, 4.69) is 23.9 Å². The molecule has 3 aromatic rings. The Morgan fingerprint density at radius 3 is 2.18 bits per heavy atom. The Kier molecular flexibility index (Phi) is 7.76. The van der Waals surface area contributed by atoms with Crippen LogP contribution in [0.5, 0.6) is 5.75 Å². The first-order valence-corrected chi connectivity index (χ1v) is 12.3. The number of ether oxygens (including phenoxy) is 1. The van der Waals surface area contributed by atoms with Gasteiger partial charge in [0.15, 0.2) is 0 Å². The van der Waals surface area contributed by atoms with Crippen LogP contribution in [0.25, 0.3) is 0 Å². The van der Waals surface area contributed by atoms with E-state index in [0.717, 1.165) is 23.3 Å². The van der Waals surface area contributed by atoms with Gasteiger partial charge in [0, 0.05) is 0 Å². The summed E-state index contributed by atoms with van der Waals surface area (Å²) < 4.78 is 33.6. The third kappa shape index (κ3) is 6.35. The van der Waals surface area contributed by atoms with Gasteiger partial charge in [-0.15, -0.1) is 0 Å². The molecule has 0 saturated heterocycles. The number of carbonyl (C=O) groups is 1. The fraction of sp³-hybridized carbons (Fsp3) is 0.269. The van der Waals surface area contributed by atoms with E-state index < -0.39 is 10.0 Å². The number of para-hydroxylation sites is 1. The predicted octanol–water partition coefficient (Wildman–Crippen LogP) is 5.32. The Morgan fingerprint density at radius 1 is 0.939 bits per heavy atom. The van der Waals surface area contributed by atoms with Crippen LogP contribution >= 0.6 is 0 Å². The van der Waals surface area contributed by atoms with E-state index in [-0.39, 0.29) is 28.1 Å². The van der Waals surface area contributed by atoms with Crippen molar-refractivity contribution >= 4 is 21.6 Å². The van der Waals surface area contributed by atoms with Crippen LogP contribution in [0.3, 0.4) is 0 Å². The summed E-state index contributed by atoms with van der Waals surface area (Å²) in [6.45, 7) is 6.07. The lowest BCUT2D eigenvalue weighted by Gasteiger charge is -2.22. The lowest BCUT2D eigenvalue weighted by molar-refractivity contribution is 0.0933. The number of sulfonamides is 1. The Labute approximate surface area is 196 Å². The molecule has 0 unspecified atom stereocenters. The smallest absolute Gasteiger partial charge is 0.261 e. The molecule has 0 radical (unpaired) electrons. The van der Waals surface area contributed by atoms with Crippen molar-refractivity contribution < 1.29 is 17.9 Å². The van der Waals surface area contributed by atoms with Gasteiger partial charge in [0.1, 0.15) is 5.75 Å². The zero-order valence-corrected chi connectivity index (χ0v) is 20.1. The minimum absolute atomic E-state index is 0.138. The second kappa shape index (κ2) is 10.5. The molecular formula is C26H30N2O4S. The van der Waals surface area contributed by atoms with Crippen molar-refractivity contribution in [2.75, 3.05) is 11.8 Å². The van der Waals surface area contributed by atoms with Gasteiger partial charge in [-0.05, 0) is 61.2 Å². The molecule has 3 rings (SSSR count). The maximum Gasteiger partial charge on any atom is 0.261 e. The predicted molar refractivity (Wildman–Crippen MR) is 131 cm³/mol. The number of amides is 1. The largest absolute Gasteiger partial charge is 0.497 e. The lowest BCUT2D eigenvalue weighted by atomic mass is 9.96. The van der Waals surface area contributed by atoms with E-state index in [1.54, 1.807) is 55.6 Å². The van der Waals surface area contributed by atoms with Gasteiger partial charge in [-0.25, -0.2) is 8.42 Å². The van der Waals surface area contributed by atoms with Gasteiger partial charge in [-0.2, -0.15) is 0 Å². The minimum atomic E-state index is -3.84. The summed E-state index contributed by atoms with van der Waals surface area (Å²) in [6.07, 6.45) is 0.731. The molecule has 3 aromatic carbocycles. The molecule has 0 aliphatic rings. The molecule has 174 valence electrons. The van der Waals surface area contributed by atoms with Crippen molar-refractivity contribution in [3.05, 3.63) is 89.5 Å².